The van der Waals surface area contributed by atoms with Crippen molar-refractivity contribution in [3.8, 4) is 0 Å². The summed E-state index contributed by atoms with van der Waals surface area (Å²) in [5.74, 6) is 0.644. The Kier molecular flexibility index (Phi) is 7.17. The standard InChI is InChI=1S/C18H21N5O3S.CH2O2/c1-13-9-15(26-20-13)11-17(25)22-4-2-3-21(5-6-22)16(24)10-14-12-23-7-8-27-18(23)19-14;2-1-3/h7-9,12H,2-6,10-11H2,1H3;1H,(H,2,3). The van der Waals surface area contributed by atoms with E-state index >= 15 is 0 Å². The van der Waals surface area contributed by atoms with Crippen LogP contribution in [-0.2, 0) is 27.2 Å². The van der Waals surface area contributed by atoms with Gasteiger partial charge in [-0.3, -0.25) is 18.8 Å². The molecule has 1 saturated heterocycles. The molecule has 1 aliphatic heterocycles. The first-order valence-corrected chi connectivity index (χ1v) is 10.3. The molecular formula is C19H23N5O5S. The summed E-state index contributed by atoms with van der Waals surface area (Å²) in [4.78, 5) is 42.5. The lowest BCUT2D eigenvalue weighted by atomic mass is 10.2. The Labute approximate surface area is 176 Å². The van der Waals surface area contributed by atoms with Gasteiger partial charge in [-0.1, -0.05) is 5.16 Å². The van der Waals surface area contributed by atoms with Crippen molar-refractivity contribution in [3.05, 3.63) is 41.0 Å². The van der Waals surface area contributed by atoms with E-state index in [0.29, 0.717) is 38.4 Å². The Morgan fingerprint density at radius 1 is 1.20 bits per heavy atom. The number of thiazole rings is 1. The Balaban J connectivity index is 0.000000806. The SMILES string of the molecule is Cc1cc(CC(=O)N2CCCN(C(=O)Cc3cn4ccsc4n3)CC2)on1.O=CO. The van der Waals surface area contributed by atoms with E-state index in [-0.39, 0.29) is 24.7 Å². The molecule has 4 rings (SSSR count). The molecule has 3 aromatic rings. The molecule has 0 bridgehead atoms. The molecule has 1 aliphatic rings. The number of aromatic nitrogens is 3. The van der Waals surface area contributed by atoms with Crippen LogP contribution in [0.2, 0.25) is 0 Å². The second-order valence-electron chi connectivity index (χ2n) is 6.83. The van der Waals surface area contributed by atoms with Crippen molar-refractivity contribution >= 4 is 34.6 Å². The number of rotatable bonds is 4. The fourth-order valence-corrected chi connectivity index (χ4v) is 4.02. The number of nitrogens with zero attached hydrogens (tertiary/aromatic N) is 5. The van der Waals surface area contributed by atoms with Gasteiger partial charge >= 0.3 is 0 Å². The van der Waals surface area contributed by atoms with Crippen LogP contribution >= 0.6 is 11.3 Å². The van der Waals surface area contributed by atoms with Gasteiger partial charge in [0.05, 0.1) is 24.2 Å². The summed E-state index contributed by atoms with van der Waals surface area (Å²) in [5.41, 5.74) is 1.55. The van der Waals surface area contributed by atoms with Crippen LogP contribution in [0.4, 0.5) is 0 Å². The molecule has 0 radical (unpaired) electrons. The van der Waals surface area contributed by atoms with Crippen LogP contribution in [0.25, 0.3) is 4.96 Å². The third kappa shape index (κ3) is 5.44. The molecule has 160 valence electrons. The van der Waals surface area contributed by atoms with E-state index in [1.54, 1.807) is 22.3 Å². The number of carboxylic acid groups (broad SMARTS) is 1. The van der Waals surface area contributed by atoms with Crippen LogP contribution in [0.3, 0.4) is 0 Å². The second kappa shape index (κ2) is 10.0. The highest BCUT2D eigenvalue weighted by atomic mass is 32.1. The highest BCUT2D eigenvalue weighted by molar-refractivity contribution is 7.15. The molecule has 0 atom stereocenters. The molecule has 0 aliphatic carbocycles. The zero-order valence-electron chi connectivity index (χ0n) is 16.6. The van der Waals surface area contributed by atoms with Crippen molar-refractivity contribution in [1.82, 2.24) is 24.3 Å². The van der Waals surface area contributed by atoms with Crippen LogP contribution in [-0.4, -0.2) is 73.9 Å². The Morgan fingerprint density at radius 3 is 2.47 bits per heavy atom. The van der Waals surface area contributed by atoms with E-state index in [9.17, 15) is 9.59 Å². The van der Waals surface area contributed by atoms with Crippen molar-refractivity contribution < 1.29 is 24.0 Å². The van der Waals surface area contributed by atoms with Crippen molar-refractivity contribution in [2.75, 3.05) is 26.2 Å². The summed E-state index contributed by atoms with van der Waals surface area (Å²) < 4.78 is 7.06. The topological polar surface area (TPSA) is 121 Å². The Bertz CT molecular complexity index is 981. The third-order valence-electron chi connectivity index (χ3n) is 4.68. The zero-order valence-corrected chi connectivity index (χ0v) is 17.4. The molecule has 30 heavy (non-hydrogen) atoms. The van der Waals surface area contributed by atoms with Gasteiger partial charge in [-0.15, -0.1) is 11.3 Å². The number of aryl methyl sites for hydroxylation is 1. The third-order valence-corrected chi connectivity index (χ3v) is 5.45. The second-order valence-corrected chi connectivity index (χ2v) is 7.71. The van der Waals surface area contributed by atoms with Crippen molar-refractivity contribution in [2.45, 2.75) is 26.2 Å². The Hall–Kier alpha value is -3.21. The van der Waals surface area contributed by atoms with E-state index in [0.717, 1.165) is 22.8 Å². The van der Waals surface area contributed by atoms with Crippen molar-refractivity contribution in [3.63, 3.8) is 0 Å². The number of hydrogen-bond donors (Lipinski definition) is 1. The number of amides is 2. The van der Waals surface area contributed by atoms with Gasteiger partial charge < -0.3 is 19.4 Å². The van der Waals surface area contributed by atoms with E-state index in [2.05, 4.69) is 10.1 Å². The summed E-state index contributed by atoms with van der Waals surface area (Å²) in [6.07, 6.45) is 5.11. The van der Waals surface area contributed by atoms with Gasteiger partial charge in [-0.25, -0.2) is 4.98 Å². The van der Waals surface area contributed by atoms with Crippen molar-refractivity contribution in [2.24, 2.45) is 0 Å². The van der Waals surface area contributed by atoms with Gasteiger partial charge in [0.2, 0.25) is 11.8 Å². The summed E-state index contributed by atoms with van der Waals surface area (Å²) >= 11 is 1.55. The summed E-state index contributed by atoms with van der Waals surface area (Å²) in [7, 11) is 0. The average Bonchev–Trinajstić information content (AvgIpc) is 3.34. The molecule has 3 aromatic heterocycles. The van der Waals surface area contributed by atoms with Gasteiger partial charge in [0.15, 0.2) is 4.96 Å². The number of carbonyl (C=O) groups excluding carboxylic acids is 2. The van der Waals surface area contributed by atoms with Gasteiger partial charge in [0.1, 0.15) is 5.76 Å². The molecule has 1 fully saturated rings. The molecule has 0 spiro atoms. The van der Waals surface area contributed by atoms with Gasteiger partial charge in [0, 0.05) is 50.0 Å². The normalized spacial score (nSPS) is 14.2. The van der Waals surface area contributed by atoms with Crippen LogP contribution in [0.5, 0.6) is 0 Å². The van der Waals surface area contributed by atoms with E-state index < -0.39 is 0 Å². The van der Waals surface area contributed by atoms with Crippen LogP contribution in [0.1, 0.15) is 23.6 Å². The summed E-state index contributed by atoms with van der Waals surface area (Å²) in [5, 5.41) is 12.7. The molecule has 0 unspecified atom stereocenters. The maximum absolute atomic E-state index is 12.6. The van der Waals surface area contributed by atoms with Crippen LogP contribution in [0.15, 0.2) is 28.4 Å². The molecule has 11 heteroatoms. The first kappa shape index (κ1) is 21.5. The van der Waals surface area contributed by atoms with Gasteiger partial charge in [-0.2, -0.15) is 0 Å². The molecule has 0 saturated carbocycles. The zero-order chi connectivity index (χ0) is 21.5. The fraction of sp³-hybridized carbons (Fsp3) is 0.421. The molecule has 0 aromatic carbocycles. The van der Waals surface area contributed by atoms with E-state index in [4.69, 9.17) is 14.4 Å². The lowest BCUT2D eigenvalue weighted by Crippen LogP contribution is -2.38. The predicted octanol–water partition coefficient (Wildman–Crippen LogP) is 1.24. The lowest BCUT2D eigenvalue weighted by Gasteiger charge is -2.21. The Morgan fingerprint density at radius 2 is 1.87 bits per heavy atom. The van der Waals surface area contributed by atoms with Gasteiger partial charge in [-0.05, 0) is 13.3 Å². The molecule has 2 amide bonds. The van der Waals surface area contributed by atoms with E-state index in [1.165, 1.54) is 0 Å². The maximum Gasteiger partial charge on any atom is 0.290 e. The van der Waals surface area contributed by atoms with Crippen LogP contribution in [0, 0.1) is 6.92 Å². The van der Waals surface area contributed by atoms with Gasteiger partial charge in [0.25, 0.3) is 6.47 Å². The number of fused-ring (bicyclic) bond motifs is 1. The fourth-order valence-electron chi connectivity index (χ4n) is 3.30. The molecule has 1 N–H and O–H groups in total. The smallest absolute Gasteiger partial charge is 0.290 e. The number of carbonyl (C=O) groups is 3. The first-order chi connectivity index (χ1) is 14.5. The quantitative estimate of drug-likeness (QED) is 0.614. The molecule has 10 nitrogen and oxygen atoms in total. The van der Waals surface area contributed by atoms with Crippen LogP contribution < -0.4 is 0 Å². The maximum atomic E-state index is 12.6. The first-order valence-electron chi connectivity index (χ1n) is 9.47. The average molecular weight is 433 g/mol. The minimum Gasteiger partial charge on any atom is -0.483 e. The number of imidazole rings is 1. The summed E-state index contributed by atoms with van der Waals surface area (Å²) in [6, 6.07) is 1.78. The lowest BCUT2D eigenvalue weighted by molar-refractivity contribution is -0.133. The minimum atomic E-state index is -0.250. The monoisotopic (exact) mass is 433 g/mol. The largest absolute Gasteiger partial charge is 0.483 e. The highest BCUT2D eigenvalue weighted by Gasteiger charge is 2.23. The number of hydrogen-bond acceptors (Lipinski definition) is 7. The van der Waals surface area contributed by atoms with Crippen molar-refractivity contribution in [1.29, 1.82) is 0 Å². The summed E-state index contributed by atoms with van der Waals surface area (Å²) in [6.45, 7) is 3.97. The van der Waals surface area contributed by atoms with E-state index in [1.807, 2.05) is 34.0 Å². The minimum absolute atomic E-state index is 0.00906. The predicted molar refractivity (Wildman–Crippen MR) is 108 cm³/mol. The molecular weight excluding hydrogens is 410 g/mol. The molecule has 4 heterocycles. The highest BCUT2D eigenvalue weighted by Crippen LogP contribution is 2.14.